The molecule has 6 nitrogen and oxygen atoms in total. The molecule has 4 rings (SSSR count). The van der Waals surface area contributed by atoms with Crippen LogP contribution in [0.15, 0.2) is 30.3 Å². The van der Waals surface area contributed by atoms with Gasteiger partial charge < -0.3 is 15.0 Å². The van der Waals surface area contributed by atoms with Gasteiger partial charge in [-0.15, -0.1) is 0 Å². The molecule has 164 valence electrons. The lowest BCUT2D eigenvalue weighted by Gasteiger charge is -2.48. The summed E-state index contributed by atoms with van der Waals surface area (Å²) in [5.41, 5.74) is 1.16. The third-order valence-electron chi connectivity index (χ3n) is 7.34. The Labute approximate surface area is 179 Å². The minimum atomic E-state index is -0.256. The number of morpholine rings is 1. The first-order valence-electron chi connectivity index (χ1n) is 11.5. The number of nitrogens with one attached hydrogen (secondary N) is 1. The van der Waals surface area contributed by atoms with Crippen LogP contribution in [0.5, 0.6) is 0 Å². The highest BCUT2D eigenvalue weighted by molar-refractivity contribution is 5.89. The summed E-state index contributed by atoms with van der Waals surface area (Å²) in [4.78, 5) is 30.1. The van der Waals surface area contributed by atoms with E-state index in [2.05, 4.69) is 10.2 Å². The maximum absolute atomic E-state index is 13.0. The van der Waals surface area contributed by atoms with Gasteiger partial charge in [0.15, 0.2) is 0 Å². The maximum Gasteiger partial charge on any atom is 0.225 e. The van der Waals surface area contributed by atoms with Crippen LogP contribution in [0.3, 0.4) is 0 Å². The molecule has 0 unspecified atom stereocenters. The molecule has 2 amide bonds. The van der Waals surface area contributed by atoms with Crippen LogP contribution in [0, 0.1) is 5.92 Å². The highest BCUT2D eigenvalue weighted by atomic mass is 16.5. The molecule has 1 saturated carbocycles. The summed E-state index contributed by atoms with van der Waals surface area (Å²) >= 11 is 0. The van der Waals surface area contributed by atoms with Crippen LogP contribution in [0.25, 0.3) is 0 Å². The van der Waals surface area contributed by atoms with E-state index in [1.807, 2.05) is 42.2 Å². The summed E-state index contributed by atoms with van der Waals surface area (Å²) in [5, 5.41) is 3.25. The summed E-state index contributed by atoms with van der Waals surface area (Å²) in [5.74, 6) is -0.148. The number of amides is 2. The molecular weight excluding hydrogens is 378 g/mol. The molecular formula is C24H35N3O3. The lowest BCUT2D eigenvalue weighted by Crippen LogP contribution is -2.60. The Morgan fingerprint density at radius 3 is 2.57 bits per heavy atom. The largest absolute Gasteiger partial charge is 0.379 e. The number of carbonyl (C=O) groups is 2. The first-order valence-corrected chi connectivity index (χ1v) is 11.5. The van der Waals surface area contributed by atoms with Gasteiger partial charge in [0.1, 0.15) is 0 Å². The Balaban J connectivity index is 1.37. The Morgan fingerprint density at radius 2 is 1.87 bits per heavy atom. The first kappa shape index (κ1) is 21.3. The second kappa shape index (κ2) is 9.48. The van der Waals surface area contributed by atoms with Gasteiger partial charge in [0, 0.05) is 38.1 Å². The van der Waals surface area contributed by atoms with Crippen molar-refractivity contribution in [2.45, 2.75) is 57.0 Å². The van der Waals surface area contributed by atoms with Crippen LogP contribution >= 0.6 is 0 Å². The molecule has 30 heavy (non-hydrogen) atoms. The van der Waals surface area contributed by atoms with E-state index in [4.69, 9.17) is 4.74 Å². The summed E-state index contributed by atoms with van der Waals surface area (Å²) in [6.45, 7) is 6.68. The number of carbonyl (C=O) groups excluding carboxylic acids is 2. The van der Waals surface area contributed by atoms with Gasteiger partial charge in [-0.2, -0.15) is 0 Å². The average molecular weight is 414 g/mol. The summed E-state index contributed by atoms with van der Waals surface area (Å²) in [7, 11) is 0. The van der Waals surface area contributed by atoms with E-state index in [0.717, 1.165) is 44.7 Å². The molecule has 1 aromatic rings. The van der Waals surface area contributed by atoms with Crippen LogP contribution in [0.2, 0.25) is 0 Å². The minimum absolute atomic E-state index is 0.00506. The molecule has 1 aromatic carbocycles. The van der Waals surface area contributed by atoms with E-state index < -0.39 is 0 Å². The van der Waals surface area contributed by atoms with Gasteiger partial charge in [0.25, 0.3) is 0 Å². The second-order valence-corrected chi connectivity index (χ2v) is 9.14. The number of likely N-dealkylation sites (tertiary alicyclic amines) is 1. The van der Waals surface area contributed by atoms with Crippen molar-refractivity contribution in [3.8, 4) is 0 Å². The first-order chi connectivity index (χ1) is 14.6. The highest BCUT2D eigenvalue weighted by Gasteiger charge is 2.41. The van der Waals surface area contributed by atoms with Crippen molar-refractivity contribution in [3.05, 3.63) is 35.9 Å². The van der Waals surface area contributed by atoms with Crippen molar-refractivity contribution < 1.29 is 14.3 Å². The fourth-order valence-electron chi connectivity index (χ4n) is 5.44. The summed E-state index contributed by atoms with van der Waals surface area (Å²) in [6, 6.07) is 10.0. The fourth-order valence-corrected chi connectivity index (χ4v) is 5.44. The smallest absolute Gasteiger partial charge is 0.225 e. The summed E-state index contributed by atoms with van der Waals surface area (Å²) in [6.07, 6.45) is 6.30. The van der Waals surface area contributed by atoms with E-state index in [1.165, 1.54) is 19.3 Å². The van der Waals surface area contributed by atoms with Crippen LogP contribution in [-0.2, 0) is 14.3 Å². The van der Waals surface area contributed by atoms with Crippen LogP contribution in [0.1, 0.15) is 57.1 Å². The van der Waals surface area contributed by atoms with E-state index in [1.54, 1.807) is 0 Å². The zero-order chi connectivity index (χ0) is 21.0. The van der Waals surface area contributed by atoms with Gasteiger partial charge in [-0.25, -0.2) is 0 Å². The van der Waals surface area contributed by atoms with Gasteiger partial charge in [0.2, 0.25) is 11.8 Å². The molecule has 0 radical (unpaired) electrons. The lowest BCUT2D eigenvalue weighted by molar-refractivity contribution is -0.130. The number of hydrogen-bond donors (Lipinski definition) is 1. The van der Waals surface area contributed by atoms with Crippen molar-refractivity contribution >= 4 is 11.8 Å². The molecule has 1 N–H and O–H groups in total. The third-order valence-corrected chi connectivity index (χ3v) is 7.34. The SMILES string of the molecule is C[C@@H](c1ccccc1)N1C[C@H](C(=O)NCC2(N3CCOCC3)CCCCC2)CC1=O. The van der Waals surface area contributed by atoms with Crippen molar-refractivity contribution in [1.82, 2.24) is 15.1 Å². The zero-order valence-corrected chi connectivity index (χ0v) is 18.1. The molecule has 0 spiro atoms. The quantitative estimate of drug-likeness (QED) is 0.779. The number of hydrogen-bond acceptors (Lipinski definition) is 4. The van der Waals surface area contributed by atoms with Crippen molar-refractivity contribution in [2.24, 2.45) is 5.92 Å². The van der Waals surface area contributed by atoms with Crippen molar-refractivity contribution in [2.75, 3.05) is 39.4 Å². The van der Waals surface area contributed by atoms with Crippen molar-refractivity contribution in [1.29, 1.82) is 0 Å². The molecule has 6 heteroatoms. The van der Waals surface area contributed by atoms with Gasteiger partial charge in [0.05, 0.1) is 25.2 Å². The van der Waals surface area contributed by atoms with Crippen molar-refractivity contribution in [3.63, 3.8) is 0 Å². The van der Waals surface area contributed by atoms with E-state index in [0.29, 0.717) is 19.5 Å². The number of nitrogens with zero attached hydrogens (tertiary/aromatic N) is 2. The van der Waals surface area contributed by atoms with E-state index in [-0.39, 0.29) is 29.3 Å². The predicted molar refractivity (Wildman–Crippen MR) is 116 cm³/mol. The van der Waals surface area contributed by atoms with E-state index >= 15 is 0 Å². The Hall–Kier alpha value is -1.92. The molecule has 3 fully saturated rings. The zero-order valence-electron chi connectivity index (χ0n) is 18.1. The van der Waals surface area contributed by atoms with Gasteiger partial charge in [-0.05, 0) is 25.3 Å². The second-order valence-electron chi connectivity index (χ2n) is 9.14. The molecule has 1 aliphatic carbocycles. The molecule has 2 aliphatic heterocycles. The van der Waals surface area contributed by atoms with Crippen LogP contribution < -0.4 is 5.32 Å². The van der Waals surface area contributed by atoms with Crippen LogP contribution in [-0.4, -0.2) is 66.5 Å². The number of benzene rings is 1. The Kier molecular flexibility index (Phi) is 6.74. The van der Waals surface area contributed by atoms with Gasteiger partial charge in [-0.1, -0.05) is 49.6 Å². The summed E-state index contributed by atoms with van der Waals surface area (Å²) < 4.78 is 5.55. The number of rotatable bonds is 6. The van der Waals surface area contributed by atoms with Crippen LogP contribution in [0.4, 0.5) is 0 Å². The predicted octanol–water partition coefficient (Wildman–Crippen LogP) is 2.75. The Bertz CT molecular complexity index is 726. The molecule has 2 saturated heterocycles. The molecule has 2 atom stereocenters. The van der Waals surface area contributed by atoms with Gasteiger partial charge in [-0.3, -0.25) is 14.5 Å². The maximum atomic E-state index is 13.0. The molecule has 0 aromatic heterocycles. The minimum Gasteiger partial charge on any atom is -0.379 e. The average Bonchev–Trinajstić information content (AvgIpc) is 3.20. The highest BCUT2D eigenvalue weighted by Crippen LogP contribution is 2.34. The third kappa shape index (κ3) is 4.54. The lowest BCUT2D eigenvalue weighted by atomic mass is 9.79. The molecule has 2 heterocycles. The fraction of sp³-hybridized carbons (Fsp3) is 0.667. The normalized spacial score (nSPS) is 25.8. The van der Waals surface area contributed by atoms with E-state index in [9.17, 15) is 9.59 Å². The number of ether oxygens (including phenoxy) is 1. The van der Waals surface area contributed by atoms with Gasteiger partial charge >= 0.3 is 0 Å². The monoisotopic (exact) mass is 413 g/mol. The molecule has 0 bridgehead atoms. The Morgan fingerprint density at radius 1 is 1.17 bits per heavy atom. The standard InChI is InChI=1S/C24H35N3O3/c1-19(20-8-4-2-5-9-20)27-17-21(16-22(27)28)23(29)25-18-24(10-6-3-7-11-24)26-12-14-30-15-13-26/h2,4-5,8-9,19,21H,3,6-7,10-18H2,1H3,(H,25,29)/t19-,21+/m0/s1. The molecule has 3 aliphatic rings. The topological polar surface area (TPSA) is 61.9 Å².